The number of H-pyrrole nitrogens is 1. The number of amides is 1. The second-order valence-electron chi connectivity index (χ2n) is 7.07. The summed E-state index contributed by atoms with van der Waals surface area (Å²) < 4.78 is 0. The largest absolute Gasteiger partial charge is 0.310 e. The number of amidine groups is 1. The maximum atomic E-state index is 12.7. The quantitative estimate of drug-likeness (QED) is 0.408. The highest BCUT2D eigenvalue weighted by molar-refractivity contribution is 6.30. The van der Waals surface area contributed by atoms with Gasteiger partial charge in [0, 0.05) is 23.1 Å². The van der Waals surface area contributed by atoms with Crippen LogP contribution in [0.2, 0.25) is 5.02 Å². The van der Waals surface area contributed by atoms with Crippen molar-refractivity contribution in [1.29, 1.82) is 5.26 Å². The van der Waals surface area contributed by atoms with E-state index >= 15 is 0 Å². The fourth-order valence-corrected chi connectivity index (χ4v) is 2.94. The molecule has 1 heterocycles. The van der Waals surface area contributed by atoms with Crippen LogP contribution in [-0.4, -0.2) is 21.9 Å². The monoisotopic (exact) mass is 419 g/mol. The molecule has 30 heavy (non-hydrogen) atoms. The highest BCUT2D eigenvalue weighted by Crippen LogP contribution is 2.23. The van der Waals surface area contributed by atoms with Gasteiger partial charge in [-0.3, -0.25) is 9.89 Å². The molecule has 2 N–H and O–H groups in total. The van der Waals surface area contributed by atoms with Crippen molar-refractivity contribution >= 4 is 29.2 Å². The SMILES string of the molecule is CCC(C)CC(=Nc1cc(-c2ccc(Cl)cc2)[nH]n1)NC(=O)c1cccc(C#N)c1. The molecular weight excluding hydrogens is 398 g/mol. The molecule has 1 aromatic heterocycles. The number of rotatable bonds is 6. The lowest BCUT2D eigenvalue weighted by Crippen LogP contribution is -2.31. The summed E-state index contributed by atoms with van der Waals surface area (Å²) in [6, 6.07) is 17.9. The number of halogens is 1. The minimum atomic E-state index is -0.303. The zero-order chi connectivity index (χ0) is 21.5. The first-order chi connectivity index (χ1) is 14.5. The molecule has 1 atom stereocenters. The molecule has 3 rings (SSSR count). The minimum absolute atomic E-state index is 0.303. The van der Waals surface area contributed by atoms with E-state index in [9.17, 15) is 4.79 Å². The normalized spacial score (nSPS) is 12.3. The Kier molecular flexibility index (Phi) is 6.99. The van der Waals surface area contributed by atoms with Crippen molar-refractivity contribution in [1.82, 2.24) is 15.5 Å². The third-order valence-electron chi connectivity index (χ3n) is 4.72. The number of nitrogens with one attached hydrogen (secondary N) is 2. The van der Waals surface area contributed by atoms with Crippen LogP contribution in [0.1, 0.15) is 42.6 Å². The number of aliphatic imine (C=N–C) groups is 1. The second-order valence-corrected chi connectivity index (χ2v) is 7.51. The minimum Gasteiger partial charge on any atom is -0.310 e. The predicted octanol–water partition coefficient (Wildman–Crippen LogP) is 5.50. The zero-order valence-electron chi connectivity index (χ0n) is 16.8. The van der Waals surface area contributed by atoms with E-state index in [0.29, 0.717) is 40.1 Å². The Labute approximate surface area is 180 Å². The molecule has 0 aliphatic heterocycles. The molecule has 0 aliphatic carbocycles. The van der Waals surface area contributed by atoms with Crippen molar-refractivity contribution in [3.63, 3.8) is 0 Å². The zero-order valence-corrected chi connectivity index (χ0v) is 17.6. The summed E-state index contributed by atoms with van der Waals surface area (Å²) in [5.74, 6) is 1.04. The summed E-state index contributed by atoms with van der Waals surface area (Å²) >= 11 is 5.95. The van der Waals surface area contributed by atoms with Crippen molar-refractivity contribution in [2.75, 3.05) is 0 Å². The van der Waals surface area contributed by atoms with Gasteiger partial charge in [0.15, 0.2) is 5.82 Å². The summed E-state index contributed by atoms with van der Waals surface area (Å²) in [5, 5.41) is 19.8. The first kappa shape index (κ1) is 21.3. The molecule has 0 fully saturated rings. The maximum Gasteiger partial charge on any atom is 0.256 e. The van der Waals surface area contributed by atoms with Gasteiger partial charge in [-0.1, -0.05) is 50.1 Å². The molecule has 0 bridgehead atoms. The number of carbonyl (C=O) groups is 1. The van der Waals surface area contributed by atoms with E-state index in [1.54, 1.807) is 24.3 Å². The lowest BCUT2D eigenvalue weighted by Gasteiger charge is -2.12. The van der Waals surface area contributed by atoms with E-state index in [2.05, 4.69) is 34.4 Å². The third-order valence-corrected chi connectivity index (χ3v) is 4.97. The first-order valence-electron chi connectivity index (χ1n) is 9.69. The van der Waals surface area contributed by atoms with Crippen molar-refractivity contribution in [2.24, 2.45) is 10.9 Å². The van der Waals surface area contributed by atoms with Crippen molar-refractivity contribution in [3.8, 4) is 17.3 Å². The summed E-state index contributed by atoms with van der Waals surface area (Å²) in [4.78, 5) is 17.3. The lowest BCUT2D eigenvalue weighted by molar-refractivity contribution is 0.0976. The number of carbonyl (C=O) groups excluding carboxylic acids is 1. The molecule has 2 aromatic carbocycles. The summed E-state index contributed by atoms with van der Waals surface area (Å²) in [6.07, 6.45) is 1.55. The fraction of sp³-hybridized carbons (Fsp3) is 0.217. The highest BCUT2D eigenvalue weighted by atomic mass is 35.5. The van der Waals surface area contributed by atoms with Crippen molar-refractivity contribution in [2.45, 2.75) is 26.7 Å². The van der Waals surface area contributed by atoms with Gasteiger partial charge in [-0.05, 0) is 41.8 Å². The second kappa shape index (κ2) is 9.86. The summed E-state index contributed by atoms with van der Waals surface area (Å²) in [5.41, 5.74) is 2.59. The molecule has 0 aliphatic rings. The topological polar surface area (TPSA) is 93.9 Å². The van der Waals surface area contributed by atoms with E-state index < -0.39 is 0 Å². The fourth-order valence-electron chi connectivity index (χ4n) is 2.82. The smallest absolute Gasteiger partial charge is 0.256 e. The van der Waals surface area contributed by atoms with Crippen LogP contribution in [0, 0.1) is 17.2 Å². The Bertz CT molecular complexity index is 1100. The van der Waals surface area contributed by atoms with Gasteiger partial charge in [0.2, 0.25) is 0 Å². The van der Waals surface area contributed by atoms with E-state index in [0.717, 1.165) is 17.7 Å². The average molecular weight is 420 g/mol. The van der Waals surface area contributed by atoms with E-state index in [1.807, 2.05) is 36.4 Å². The average Bonchev–Trinajstić information content (AvgIpc) is 3.22. The third kappa shape index (κ3) is 5.56. The number of benzene rings is 2. The van der Waals surface area contributed by atoms with Gasteiger partial charge in [-0.2, -0.15) is 10.4 Å². The Morgan fingerprint density at radius 3 is 2.73 bits per heavy atom. The van der Waals surface area contributed by atoms with Gasteiger partial charge < -0.3 is 5.32 Å². The van der Waals surface area contributed by atoms with Gasteiger partial charge >= 0.3 is 0 Å². The first-order valence-corrected chi connectivity index (χ1v) is 10.1. The molecule has 0 saturated carbocycles. The van der Waals surface area contributed by atoms with Crippen LogP contribution in [0.25, 0.3) is 11.3 Å². The van der Waals surface area contributed by atoms with E-state index in [-0.39, 0.29) is 5.91 Å². The Morgan fingerprint density at radius 1 is 1.27 bits per heavy atom. The van der Waals surface area contributed by atoms with Crippen LogP contribution in [-0.2, 0) is 0 Å². The Balaban J connectivity index is 1.84. The summed E-state index contributed by atoms with van der Waals surface area (Å²) in [6.45, 7) is 4.19. The van der Waals surface area contributed by atoms with Crippen LogP contribution in [0.4, 0.5) is 5.82 Å². The van der Waals surface area contributed by atoms with Crippen LogP contribution >= 0.6 is 11.6 Å². The van der Waals surface area contributed by atoms with E-state index in [1.165, 1.54) is 0 Å². The molecule has 0 saturated heterocycles. The van der Waals surface area contributed by atoms with Crippen LogP contribution in [0.15, 0.2) is 59.6 Å². The molecule has 6 nitrogen and oxygen atoms in total. The van der Waals surface area contributed by atoms with Crippen LogP contribution in [0.5, 0.6) is 0 Å². The predicted molar refractivity (Wildman–Crippen MR) is 119 cm³/mol. The van der Waals surface area contributed by atoms with E-state index in [4.69, 9.17) is 16.9 Å². The van der Waals surface area contributed by atoms with Gasteiger partial charge in [0.1, 0.15) is 5.84 Å². The van der Waals surface area contributed by atoms with Gasteiger partial charge in [0.25, 0.3) is 5.91 Å². The molecule has 3 aromatic rings. The molecular formula is C23H22ClN5O. The number of nitriles is 1. The van der Waals surface area contributed by atoms with Gasteiger partial charge in [0.05, 0.1) is 17.3 Å². The molecule has 0 spiro atoms. The molecule has 0 radical (unpaired) electrons. The Hall–Kier alpha value is -3.43. The number of hydrogen-bond acceptors (Lipinski definition) is 4. The van der Waals surface area contributed by atoms with Crippen molar-refractivity contribution < 1.29 is 4.79 Å². The lowest BCUT2D eigenvalue weighted by atomic mass is 10.0. The number of aromatic nitrogens is 2. The Morgan fingerprint density at radius 2 is 2.03 bits per heavy atom. The highest BCUT2D eigenvalue weighted by Gasteiger charge is 2.13. The molecule has 152 valence electrons. The molecule has 7 heteroatoms. The standard InChI is InChI=1S/C23H22ClN5O/c1-3-15(2)11-21(27-23(30)18-6-4-5-16(12-18)14-25)26-22-13-20(28-29-22)17-7-9-19(24)10-8-17/h4-10,12-13,15H,3,11H2,1-2H3,(H2,26,27,28,29,30). The summed E-state index contributed by atoms with van der Waals surface area (Å²) in [7, 11) is 0. The van der Waals surface area contributed by atoms with Gasteiger partial charge in [-0.25, -0.2) is 4.99 Å². The molecule has 1 amide bonds. The number of nitrogens with zero attached hydrogens (tertiary/aromatic N) is 3. The maximum absolute atomic E-state index is 12.7. The number of aromatic amines is 1. The van der Waals surface area contributed by atoms with Crippen molar-refractivity contribution in [3.05, 3.63) is 70.7 Å². The van der Waals surface area contributed by atoms with Gasteiger partial charge in [-0.15, -0.1) is 0 Å². The molecule has 1 unspecified atom stereocenters. The van der Waals surface area contributed by atoms with Crippen LogP contribution in [0.3, 0.4) is 0 Å². The number of hydrogen-bond donors (Lipinski definition) is 2. The van der Waals surface area contributed by atoms with Crippen LogP contribution < -0.4 is 5.32 Å².